The summed E-state index contributed by atoms with van der Waals surface area (Å²) in [5.41, 5.74) is 1.31. The Morgan fingerprint density at radius 1 is 1.56 bits per heavy atom. The van der Waals surface area contributed by atoms with Crippen LogP contribution in [0.5, 0.6) is 5.75 Å². The number of aryl methyl sites for hydroxylation is 1. The van der Waals surface area contributed by atoms with Crippen LogP contribution in [0.2, 0.25) is 0 Å². The van der Waals surface area contributed by atoms with Gasteiger partial charge in [0.25, 0.3) is 0 Å². The molecule has 4 heteroatoms. The molecule has 1 N–H and O–H groups in total. The van der Waals surface area contributed by atoms with Crippen LogP contribution >= 0.6 is 0 Å². The number of nitriles is 1. The molecule has 0 saturated heterocycles. The third-order valence-electron chi connectivity index (χ3n) is 2.31. The fourth-order valence-electron chi connectivity index (χ4n) is 1.34. The first-order chi connectivity index (χ1) is 8.58. The Morgan fingerprint density at radius 3 is 2.83 bits per heavy atom. The number of phenols is 1. The molecule has 0 heterocycles. The number of rotatable bonds is 4. The Morgan fingerprint density at radius 2 is 2.28 bits per heavy atom. The third kappa shape index (κ3) is 3.63. The molecule has 0 aliphatic carbocycles. The van der Waals surface area contributed by atoms with Gasteiger partial charge in [-0.3, -0.25) is 0 Å². The molecule has 94 valence electrons. The third-order valence-corrected chi connectivity index (χ3v) is 2.31. The zero-order valence-electron chi connectivity index (χ0n) is 10.4. The lowest BCUT2D eigenvalue weighted by molar-refractivity contribution is -0.138. The van der Waals surface area contributed by atoms with Crippen LogP contribution in [0.3, 0.4) is 0 Å². The summed E-state index contributed by atoms with van der Waals surface area (Å²) in [4.78, 5) is 11.5. The van der Waals surface area contributed by atoms with Crippen LogP contribution in [-0.4, -0.2) is 17.7 Å². The van der Waals surface area contributed by atoms with Gasteiger partial charge in [0.15, 0.2) is 0 Å². The second kappa shape index (κ2) is 6.45. The van der Waals surface area contributed by atoms with Crippen LogP contribution in [0.4, 0.5) is 0 Å². The predicted molar refractivity (Wildman–Crippen MR) is 67.7 cm³/mol. The molecule has 1 aromatic rings. The van der Waals surface area contributed by atoms with Crippen molar-refractivity contribution >= 4 is 12.0 Å². The van der Waals surface area contributed by atoms with Crippen LogP contribution < -0.4 is 0 Å². The number of hydrogen-bond acceptors (Lipinski definition) is 4. The minimum absolute atomic E-state index is 0.0476. The number of benzene rings is 1. The lowest BCUT2D eigenvalue weighted by Crippen LogP contribution is -2.07. The van der Waals surface area contributed by atoms with Gasteiger partial charge in [-0.2, -0.15) is 5.26 Å². The minimum atomic E-state index is -0.620. The molecule has 0 atom stereocenters. The van der Waals surface area contributed by atoms with Crippen LogP contribution in [0.15, 0.2) is 23.8 Å². The first-order valence-corrected chi connectivity index (χ1v) is 5.67. The van der Waals surface area contributed by atoms with E-state index in [4.69, 9.17) is 10.00 Å². The number of ether oxygens (including phenoxy) is 1. The highest BCUT2D eigenvalue weighted by Crippen LogP contribution is 2.18. The molecule has 0 spiro atoms. The van der Waals surface area contributed by atoms with E-state index in [1.807, 2.05) is 13.0 Å². The van der Waals surface area contributed by atoms with Crippen LogP contribution in [0.1, 0.15) is 24.5 Å². The fraction of sp³-hybridized carbons (Fsp3) is 0.286. The summed E-state index contributed by atoms with van der Waals surface area (Å²) in [5, 5.41) is 18.3. The zero-order valence-corrected chi connectivity index (χ0v) is 10.4. The zero-order chi connectivity index (χ0) is 13.5. The SMILES string of the molecule is CCCOC(=O)C(C#N)=Cc1ccc(O)c(C)c1. The van der Waals surface area contributed by atoms with Gasteiger partial charge in [0, 0.05) is 0 Å². The lowest BCUT2D eigenvalue weighted by Gasteiger charge is -2.03. The van der Waals surface area contributed by atoms with Crippen molar-refractivity contribution in [3.8, 4) is 11.8 Å². The van der Waals surface area contributed by atoms with E-state index in [0.29, 0.717) is 24.2 Å². The highest BCUT2D eigenvalue weighted by atomic mass is 16.5. The fourth-order valence-corrected chi connectivity index (χ4v) is 1.34. The lowest BCUT2D eigenvalue weighted by atomic mass is 10.1. The van der Waals surface area contributed by atoms with Crippen molar-refractivity contribution in [2.45, 2.75) is 20.3 Å². The Bertz CT molecular complexity index is 512. The van der Waals surface area contributed by atoms with E-state index in [-0.39, 0.29) is 11.3 Å². The van der Waals surface area contributed by atoms with Crippen LogP contribution in [-0.2, 0) is 9.53 Å². The molecular formula is C14H15NO3. The number of nitrogens with zero attached hydrogens (tertiary/aromatic N) is 1. The van der Waals surface area contributed by atoms with Gasteiger partial charge in [0.1, 0.15) is 17.4 Å². The maximum absolute atomic E-state index is 11.5. The molecule has 4 nitrogen and oxygen atoms in total. The van der Waals surface area contributed by atoms with E-state index in [0.717, 1.165) is 0 Å². The van der Waals surface area contributed by atoms with Crippen molar-refractivity contribution < 1.29 is 14.6 Å². The Balaban J connectivity index is 2.94. The van der Waals surface area contributed by atoms with Crippen molar-refractivity contribution in [2.75, 3.05) is 6.61 Å². The molecule has 1 aromatic carbocycles. The van der Waals surface area contributed by atoms with Crippen molar-refractivity contribution in [1.29, 1.82) is 5.26 Å². The van der Waals surface area contributed by atoms with Crippen molar-refractivity contribution in [3.05, 3.63) is 34.9 Å². The number of aromatic hydroxyl groups is 1. The minimum Gasteiger partial charge on any atom is -0.508 e. The molecule has 18 heavy (non-hydrogen) atoms. The molecule has 0 aliphatic heterocycles. The second-order valence-electron chi connectivity index (χ2n) is 3.85. The second-order valence-corrected chi connectivity index (χ2v) is 3.85. The van der Waals surface area contributed by atoms with Gasteiger partial charge >= 0.3 is 5.97 Å². The van der Waals surface area contributed by atoms with E-state index in [9.17, 15) is 9.90 Å². The quantitative estimate of drug-likeness (QED) is 0.502. The van der Waals surface area contributed by atoms with E-state index in [2.05, 4.69) is 0 Å². The molecular weight excluding hydrogens is 230 g/mol. The van der Waals surface area contributed by atoms with Gasteiger partial charge in [-0.25, -0.2) is 4.79 Å². The number of phenolic OH excluding ortho intramolecular Hbond substituents is 1. The Kier molecular flexibility index (Phi) is 4.94. The summed E-state index contributed by atoms with van der Waals surface area (Å²) in [5.74, 6) is -0.440. The molecule has 0 aromatic heterocycles. The van der Waals surface area contributed by atoms with E-state index >= 15 is 0 Å². The summed E-state index contributed by atoms with van der Waals surface area (Å²) in [6.07, 6.45) is 2.16. The molecule has 0 amide bonds. The summed E-state index contributed by atoms with van der Waals surface area (Å²) in [6.45, 7) is 3.92. The van der Waals surface area contributed by atoms with Gasteiger partial charge < -0.3 is 9.84 Å². The highest BCUT2D eigenvalue weighted by molar-refractivity contribution is 5.97. The van der Waals surface area contributed by atoms with Gasteiger partial charge in [-0.05, 0) is 42.7 Å². The van der Waals surface area contributed by atoms with Crippen molar-refractivity contribution in [1.82, 2.24) is 0 Å². The van der Waals surface area contributed by atoms with Crippen molar-refractivity contribution in [2.24, 2.45) is 0 Å². The van der Waals surface area contributed by atoms with E-state index in [1.165, 1.54) is 12.1 Å². The molecule has 1 rings (SSSR count). The molecule has 0 aliphatic rings. The first-order valence-electron chi connectivity index (χ1n) is 5.67. The molecule has 0 fully saturated rings. The standard InChI is InChI=1S/C14H15NO3/c1-3-6-18-14(17)12(9-15)8-11-4-5-13(16)10(2)7-11/h4-5,7-8,16H,3,6H2,1-2H3. The van der Waals surface area contributed by atoms with Crippen molar-refractivity contribution in [3.63, 3.8) is 0 Å². The Labute approximate surface area is 106 Å². The molecule has 0 saturated carbocycles. The molecule has 0 radical (unpaired) electrons. The van der Waals surface area contributed by atoms with Gasteiger partial charge in [-0.15, -0.1) is 0 Å². The van der Waals surface area contributed by atoms with E-state index < -0.39 is 5.97 Å². The largest absolute Gasteiger partial charge is 0.508 e. The highest BCUT2D eigenvalue weighted by Gasteiger charge is 2.10. The van der Waals surface area contributed by atoms with Crippen LogP contribution in [0, 0.1) is 18.3 Å². The monoisotopic (exact) mass is 245 g/mol. The number of hydrogen-bond donors (Lipinski definition) is 1. The average molecular weight is 245 g/mol. The normalized spacial score (nSPS) is 10.8. The predicted octanol–water partition coefficient (Wildman–Crippen LogP) is 2.56. The smallest absolute Gasteiger partial charge is 0.348 e. The van der Waals surface area contributed by atoms with Gasteiger partial charge in [-0.1, -0.05) is 13.0 Å². The maximum Gasteiger partial charge on any atom is 0.348 e. The molecule has 0 bridgehead atoms. The number of carbonyl (C=O) groups is 1. The van der Waals surface area contributed by atoms with Gasteiger partial charge in [0.2, 0.25) is 0 Å². The van der Waals surface area contributed by atoms with Gasteiger partial charge in [0.05, 0.1) is 6.61 Å². The summed E-state index contributed by atoms with van der Waals surface area (Å²) in [6, 6.07) is 6.66. The number of esters is 1. The summed E-state index contributed by atoms with van der Waals surface area (Å²) < 4.78 is 4.89. The topological polar surface area (TPSA) is 70.3 Å². The number of carbonyl (C=O) groups excluding carboxylic acids is 1. The maximum atomic E-state index is 11.5. The van der Waals surface area contributed by atoms with E-state index in [1.54, 1.807) is 19.1 Å². The Hall–Kier alpha value is -2.28. The summed E-state index contributed by atoms with van der Waals surface area (Å²) in [7, 11) is 0. The van der Waals surface area contributed by atoms with Crippen LogP contribution in [0.25, 0.3) is 6.08 Å². The average Bonchev–Trinajstić information content (AvgIpc) is 2.37. The summed E-state index contributed by atoms with van der Waals surface area (Å²) >= 11 is 0. The first kappa shape index (κ1) is 13.8. The molecule has 0 unspecified atom stereocenters.